The Hall–Kier alpha value is -3.13. The molecule has 0 saturated carbocycles. The zero-order valence-corrected chi connectivity index (χ0v) is 12.2. The third kappa shape index (κ3) is 4.46. The van der Waals surface area contributed by atoms with Crippen LogP contribution in [0.4, 0.5) is 5.82 Å². The highest BCUT2D eigenvalue weighted by molar-refractivity contribution is 5.90. The smallest absolute Gasteiger partial charge is 0.352 e. The summed E-state index contributed by atoms with van der Waals surface area (Å²) in [4.78, 5) is 26.6. The van der Waals surface area contributed by atoms with Crippen LogP contribution in [0.1, 0.15) is 28.4 Å². The molecule has 0 bridgehead atoms. The van der Waals surface area contributed by atoms with Crippen LogP contribution < -0.4 is 5.32 Å². The quantitative estimate of drug-likeness (QED) is 0.682. The first-order chi connectivity index (χ1) is 10.5. The number of nitrogens with zero attached hydrogens (tertiary/aromatic N) is 1. The zero-order valence-electron chi connectivity index (χ0n) is 12.2. The molecular weight excluding hydrogens is 280 g/mol. The first kappa shape index (κ1) is 15.3. The maximum absolute atomic E-state index is 11.7. The maximum atomic E-state index is 11.7. The number of amides is 1. The predicted octanol–water partition coefficient (Wildman–Crippen LogP) is 2.51. The lowest BCUT2D eigenvalue weighted by Crippen LogP contribution is -2.07. The summed E-state index contributed by atoms with van der Waals surface area (Å²) in [7, 11) is 0. The molecule has 2 rings (SSSR count). The Bertz CT molecular complexity index is 738. The molecule has 22 heavy (non-hydrogen) atoms. The number of rotatable bonds is 2. The summed E-state index contributed by atoms with van der Waals surface area (Å²) in [6.07, 6.45) is 3.83. The van der Waals surface area contributed by atoms with Crippen molar-refractivity contribution in [1.82, 2.24) is 4.98 Å². The van der Waals surface area contributed by atoms with Gasteiger partial charge in [0.25, 0.3) is 0 Å². The molecule has 0 spiro atoms. The van der Waals surface area contributed by atoms with Gasteiger partial charge in [0.1, 0.15) is 11.9 Å². The summed E-state index contributed by atoms with van der Waals surface area (Å²) in [6, 6.07) is 10.3. The minimum atomic E-state index is -0.504. The molecule has 5 heteroatoms. The van der Waals surface area contributed by atoms with Crippen molar-refractivity contribution in [3.63, 3.8) is 0 Å². The van der Waals surface area contributed by atoms with Crippen LogP contribution in [0.25, 0.3) is 0 Å². The van der Waals surface area contributed by atoms with Gasteiger partial charge >= 0.3 is 5.97 Å². The van der Waals surface area contributed by atoms with E-state index >= 15 is 0 Å². The van der Waals surface area contributed by atoms with Crippen molar-refractivity contribution in [2.75, 3.05) is 5.32 Å². The summed E-state index contributed by atoms with van der Waals surface area (Å²) in [6.45, 7) is 3.34. The van der Waals surface area contributed by atoms with Crippen molar-refractivity contribution in [3.05, 3.63) is 59.3 Å². The summed E-state index contributed by atoms with van der Waals surface area (Å²) in [5.74, 6) is 2.41. The van der Waals surface area contributed by atoms with E-state index in [0.29, 0.717) is 16.9 Å². The third-order valence-electron chi connectivity index (χ3n) is 2.69. The van der Waals surface area contributed by atoms with Gasteiger partial charge < -0.3 is 10.1 Å². The molecule has 0 fully saturated rings. The second kappa shape index (κ2) is 7.04. The van der Waals surface area contributed by atoms with Crippen LogP contribution in [-0.2, 0) is 9.53 Å². The molecule has 1 aromatic heterocycles. The van der Waals surface area contributed by atoms with E-state index in [4.69, 9.17) is 4.74 Å². The second-order valence-corrected chi connectivity index (χ2v) is 4.60. The fourth-order valence-electron chi connectivity index (χ4n) is 1.60. The highest BCUT2D eigenvalue weighted by atomic mass is 16.5. The minimum absolute atomic E-state index is 0.196. The van der Waals surface area contributed by atoms with Gasteiger partial charge in [0.05, 0.1) is 5.56 Å². The van der Waals surface area contributed by atoms with E-state index in [1.54, 1.807) is 24.3 Å². The highest BCUT2D eigenvalue weighted by Crippen LogP contribution is 2.05. The van der Waals surface area contributed by atoms with Gasteiger partial charge in [0, 0.05) is 18.7 Å². The molecule has 1 aromatic carbocycles. The summed E-state index contributed by atoms with van der Waals surface area (Å²) in [5, 5.41) is 2.55. The van der Waals surface area contributed by atoms with Gasteiger partial charge in [0.2, 0.25) is 5.91 Å². The van der Waals surface area contributed by atoms with Crippen LogP contribution in [0, 0.1) is 19.0 Å². The molecule has 0 aliphatic heterocycles. The number of nitrogens with one attached hydrogen (secondary N) is 1. The molecule has 0 radical (unpaired) electrons. The van der Waals surface area contributed by atoms with Gasteiger partial charge in [-0.25, -0.2) is 9.78 Å². The second-order valence-electron chi connectivity index (χ2n) is 4.60. The molecule has 2 aromatic rings. The summed E-state index contributed by atoms with van der Waals surface area (Å²) < 4.78 is 4.87. The average molecular weight is 294 g/mol. The molecule has 0 atom stereocenters. The van der Waals surface area contributed by atoms with Gasteiger partial charge in [-0.2, -0.15) is 0 Å². The molecule has 5 nitrogen and oxygen atoms in total. The van der Waals surface area contributed by atoms with Crippen LogP contribution in [0.3, 0.4) is 0 Å². The van der Waals surface area contributed by atoms with Crippen LogP contribution in [-0.4, -0.2) is 16.9 Å². The fraction of sp³-hybridized carbons (Fsp3) is 0.118. The number of aromatic nitrogens is 1. The SMILES string of the molecule is CC(=O)Nc1ccc(C#COC(=O)c2ccc(C)cc2)cn1. The van der Waals surface area contributed by atoms with E-state index < -0.39 is 5.97 Å². The Morgan fingerprint density at radius 1 is 1.14 bits per heavy atom. The van der Waals surface area contributed by atoms with Crippen LogP contribution >= 0.6 is 0 Å². The lowest BCUT2D eigenvalue weighted by atomic mass is 10.1. The van der Waals surface area contributed by atoms with E-state index in [1.807, 2.05) is 19.1 Å². The van der Waals surface area contributed by atoms with E-state index in [-0.39, 0.29) is 5.91 Å². The monoisotopic (exact) mass is 294 g/mol. The number of benzene rings is 1. The van der Waals surface area contributed by atoms with Crippen LogP contribution in [0.5, 0.6) is 0 Å². The van der Waals surface area contributed by atoms with Gasteiger partial charge in [-0.15, -0.1) is 0 Å². The Morgan fingerprint density at radius 3 is 2.45 bits per heavy atom. The summed E-state index contributed by atoms with van der Waals surface area (Å²) >= 11 is 0. The van der Waals surface area contributed by atoms with Crippen LogP contribution in [0.2, 0.25) is 0 Å². The van der Waals surface area contributed by atoms with E-state index in [2.05, 4.69) is 22.3 Å². The minimum Gasteiger partial charge on any atom is -0.368 e. The Morgan fingerprint density at radius 2 is 1.86 bits per heavy atom. The van der Waals surface area contributed by atoms with E-state index in [9.17, 15) is 9.59 Å². The topological polar surface area (TPSA) is 68.3 Å². The zero-order chi connectivity index (χ0) is 15.9. The van der Waals surface area contributed by atoms with Crippen molar-refractivity contribution >= 4 is 17.7 Å². The first-order valence-electron chi connectivity index (χ1n) is 6.57. The van der Waals surface area contributed by atoms with Gasteiger partial charge in [-0.3, -0.25) is 4.79 Å². The number of hydrogen-bond acceptors (Lipinski definition) is 4. The van der Waals surface area contributed by atoms with Crippen molar-refractivity contribution in [2.24, 2.45) is 0 Å². The molecule has 0 saturated heterocycles. The number of hydrogen-bond donors (Lipinski definition) is 1. The van der Waals surface area contributed by atoms with Gasteiger partial charge in [0.15, 0.2) is 0 Å². The van der Waals surface area contributed by atoms with E-state index in [0.717, 1.165) is 5.56 Å². The number of ether oxygens (including phenoxy) is 1. The van der Waals surface area contributed by atoms with Crippen molar-refractivity contribution in [2.45, 2.75) is 13.8 Å². The van der Waals surface area contributed by atoms with Gasteiger partial charge in [-0.1, -0.05) is 17.7 Å². The van der Waals surface area contributed by atoms with Gasteiger partial charge in [-0.05, 0) is 37.1 Å². The fourth-order valence-corrected chi connectivity index (χ4v) is 1.60. The maximum Gasteiger partial charge on any atom is 0.352 e. The number of anilines is 1. The third-order valence-corrected chi connectivity index (χ3v) is 2.69. The number of carbonyl (C=O) groups is 2. The molecule has 1 N–H and O–H groups in total. The number of carbonyl (C=O) groups excluding carboxylic acids is 2. The van der Waals surface area contributed by atoms with Crippen molar-refractivity contribution < 1.29 is 14.3 Å². The first-order valence-corrected chi connectivity index (χ1v) is 6.57. The Labute approximate surface area is 128 Å². The average Bonchev–Trinajstić information content (AvgIpc) is 2.49. The number of pyridine rings is 1. The lowest BCUT2D eigenvalue weighted by molar-refractivity contribution is -0.114. The number of esters is 1. The predicted molar refractivity (Wildman–Crippen MR) is 82.0 cm³/mol. The molecule has 0 aliphatic carbocycles. The molecule has 1 amide bonds. The largest absolute Gasteiger partial charge is 0.368 e. The van der Waals surface area contributed by atoms with Crippen LogP contribution in [0.15, 0.2) is 42.6 Å². The molecule has 0 unspecified atom stereocenters. The normalized spacial score (nSPS) is 9.36. The molecule has 1 heterocycles. The summed E-state index contributed by atoms with van der Waals surface area (Å²) in [5.41, 5.74) is 2.08. The molecule has 0 aliphatic rings. The number of aryl methyl sites for hydroxylation is 1. The highest BCUT2D eigenvalue weighted by Gasteiger charge is 2.04. The lowest BCUT2D eigenvalue weighted by Gasteiger charge is -1.99. The van der Waals surface area contributed by atoms with E-state index in [1.165, 1.54) is 13.1 Å². The Kier molecular flexibility index (Phi) is 4.89. The Balaban J connectivity index is 1.97. The van der Waals surface area contributed by atoms with Crippen molar-refractivity contribution in [3.8, 4) is 12.0 Å². The molecular formula is C17H14N2O3. The van der Waals surface area contributed by atoms with Crippen molar-refractivity contribution in [1.29, 1.82) is 0 Å². The molecule has 110 valence electrons. The standard InChI is InChI=1S/C17H14N2O3/c1-12-3-6-15(7-4-12)17(21)22-10-9-14-5-8-16(18-11-14)19-13(2)20/h3-8,11H,1-2H3,(H,18,19,20).